The Morgan fingerprint density at radius 1 is 1.33 bits per heavy atom. The van der Waals surface area contributed by atoms with Crippen molar-refractivity contribution in [3.05, 3.63) is 34.9 Å². The molecular formula is C13H17F2NO2. The predicted molar refractivity (Wildman–Crippen MR) is 64.3 cm³/mol. The first-order chi connectivity index (χ1) is 8.15. The summed E-state index contributed by atoms with van der Waals surface area (Å²) in [6, 6.07) is 1.83. The number of aliphatic hydroxyl groups excluding tert-OH is 1. The molecule has 0 spiro atoms. The Morgan fingerprint density at radius 2 is 1.89 bits per heavy atom. The van der Waals surface area contributed by atoms with Gasteiger partial charge in [0.15, 0.2) is 0 Å². The van der Waals surface area contributed by atoms with Gasteiger partial charge in [0.1, 0.15) is 11.6 Å². The number of hydrogen-bond acceptors (Lipinski definition) is 2. The molecule has 0 bridgehead atoms. The zero-order valence-corrected chi connectivity index (χ0v) is 10.8. The number of carbonyl (C=O) groups is 1. The Kier molecular flexibility index (Phi) is 4.06. The first-order valence-electron chi connectivity index (χ1n) is 5.61. The van der Waals surface area contributed by atoms with Crippen LogP contribution in [0.1, 0.15) is 36.7 Å². The second kappa shape index (κ2) is 5.02. The molecule has 0 aliphatic heterocycles. The van der Waals surface area contributed by atoms with Crippen LogP contribution < -0.4 is 5.32 Å². The van der Waals surface area contributed by atoms with Crippen LogP contribution in [0.2, 0.25) is 0 Å². The number of benzene rings is 1. The highest BCUT2D eigenvalue weighted by molar-refractivity contribution is 5.95. The molecule has 0 aromatic heterocycles. The summed E-state index contributed by atoms with van der Waals surface area (Å²) in [4.78, 5) is 11.9. The summed E-state index contributed by atoms with van der Waals surface area (Å²) < 4.78 is 26.6. The largest absolute Gasteiger partial charge is 0.391 e. The summed E-state index contributed by atoms with van der Waals surface area (Å²) >= 11 is 0. The van der Waals surface area contributed by atoms with Crippen LogP contribution in [-0.2, 0) is 0 Å². The smallest absolute Gasteiger partial charge is 0.254 e. The first-order valence-corrected chi connectivity index (χ1v) is 5.61. The van der Waals surface area contributed by atoms with Crippen molar-refractivity contribution in [1.82, 2.24) is 5.32 Å². The third kappa shape index (κ3) is 3.04. The van der Waals surface area contributed by atoms with E-state index in [2.05, 4.69) is 5.32 Å². The number of aryl methyl sites for hydroxylation is 1. The molecule has 0 radical (unpaired) electrons. The van der Waals surface area contributed by atoms with Crippen LogP contribution >= 0.6 is 0 Å². The number of amides is 1. The Labute approximate surface area is 105 Å². The maximum atomic E-state index is 13.5. The number of carbonyl (C=O) groups excluding carboxylic acids is 1. The molecule has 0 heterocycles. The zero-order chi connectivity index (χ0) is 14.1. The lowest BCUT2D eigenvalue weighted by atomic mass is 9.98. The third-order valence-corrected chi connectivity index (χ3v) is 2.97. The van der Waals surface area contributed by atoms with Crippen LogP contribution in [0.5, 0.6) is 0 Å². The Hall–Kier alpha value is -1.49. The predicted octanol–water partition coefficient (Wildman–Crippen LogP) is 2.16. The van der Waals surface area contributed by atoms with Gasteiger partial charge in [-0.15, -0.1) is 0 Å². The molecule has 18 heavy (non-hydrogen) atoms. The van der Waals surface area contributed by atoms with Gasteiger partial charge in [-0.25, -0.2) is 8.78 Å². The molecule has 1 aromatic carbocycles. The van der Waals surface area contributed by atoms with E-state index in [1.54, 1.807) is 13.8 Å². The van der Waals surface area contributed by atoms with Gasteiger partial charge >= 0.3 is 0 Å². The first kappa shape index (κ1) is 14.6. The van der Waals surface area contributed by atoms with Gasteiger partial charge in [-0.2, -0.15) is 0 Å². The fourth-order valence-corrected chi connectivity index (χ4v) is 1.30. The van der Waals surface area contributed by atoms with Crippen LogP contribution in [0.25, 0.3) is 0 Å². The van der Waals surface area contributed by atoms with E-state index in [-0.39, 0.29) is 11.1 Å². The normalized spacial score (nSPS) is 13.3. The summed E-state index contributed by atoms with van der Waals surface area (Å²) in [7, 11) is 0. The number of rotatable bonds is 3. The summed E-state index contributed by atoms with van der Waals surface area (Å²) in [5.41, 5.74) is -0.940. The summed E-state index contributed by atoms with van der Waals surface area (Å²) in [5, 5.41) is 12.0. The van der Waals surface area contributed by atoms with E-state index in [0.29, 0.717) is 6.07 Å². The Morgan fingerprint density at radius 3 is 2.39 bits per heavy atom. The number of nitrogens with one attached hydrogen (secondary N) is 1. The highest BCUT2D eigenvalue weighted by atomic mass is 19.1. The van der Waals surface area contributed by atoms with Crippen molar-refractivity contribution in [2.45, 2.75) is 39.3 Å². The standard InChI is InChI=1S/C13H17F2NO2/c1-7-5-9(11(15)6-10(7)14)12(18)16-13(3,4)8(2)17/h5-6,8,17H,1-4H3,(H,16,18). The van der Waals surface area contributed by atoms with Gasteiger partial charge in [0.05, 0.1) is 17.2 Å². The lowest BCUT2D eigenvalue weighted by molar-refractivity contribution is 0.0706. The topological polar surface area (TPSA) is 49.3 Å². The molecule has 0 fully saturated rings. The van der Waals surface area contributed by atoms with E-state index in [1.165, 1.54) is 13.8 Å². The number of halogens is 2. The van der Waals surface area contributed by atoms with E-state index >= 15 is 0 Å². The molecule has 5 heteroatoms. The zero-order valence-electron chi connectivity index (χ0n) is 10.8. The second-order valence-corrected chi connectivity index (χ2v) is 4.93. The molecule has 1 atom stereocenters. The molecule has 1 rings (SSSR count). The average Bonchev–Trinajstić information content (AvgIpc) is 2.22. The van der Waals surface area contributed by atoms with Crippen LogP contribution in [0.15, 0.2) is 12.1 Å². The lowest BCUT2D eigenvalue weighted by Crippen LogP contribution is -2.51. The molecule has 0 saturated carbocycles. The molecular weight excluding hydrogens is 240 g/mol. The quantitative estimate of drug-likeness (QED) is 0.871. The summed E-state index contributed by atoms with van der Waals surface area (Å²) in [6.07, 6.45) is -0.800. The monoisotopic (exact) mass is 257 g/mol. The third-order valence-electron chi connectivity index (χ3n) is 2.97. The average molecular weight is 257 g/mol. The van der Waals surface area contributed by atoms with Crippen LogP contribution in [0.3, 0.4) is 0 Å². The lowest BCUT2D eigenvalue weighted by Gasteiger charge is -2.29. The highest BCUT2D eigenvalue weighted by Gasteiger charge is 2.27. The van der Waals surface area contributed by atoms with Crippen LogP contribution in [-0.4, -0.2) is 22.7 Å². The Bertz CT molecular complexity index is 470. The van der Waals surface area contributed by atoms with Gasteiger partial charge in [-0.3, -0.25) is 4.79 Å². The SMILES string of the molecule is Cc1cc(C(=O)NC(C)(C)C(C)O)c(F)cc1F. The van der Waals surface area contributed by atoms with Gasteiger partial charge in [0, 0.05) is 6.07 Å². The van der Waals surface area contributed by atoms with E-state index < -0.39 is 29.2 Å². The van der Waals surface area contributed by atoms with E-state index in [4.69, 9.17) is 0 Å². The van der Waals surface area contributed by atoms with E-state index in [0.717, 1.165) is 6.07 Å². The molecule has 2 N–H and O–H groups in total. The van der Waals surface area contributed by atoms with Crippen molar-refractivity contribution in [2.75, 3.05) is 0 Å². The second-order valence-electron chi connectivity index (χ2n) is 4.93. The number of hydrogen-bond donors (Lipinski definition) is 2. The van der Waals surface area contributed by atoms with E-state index in [1.807, 2.05) is 0 Å². The highest BCUT2D eigenvalue weighted by Crippen LogP contribution is 2.16. The van der Waals surface area contributed by atoms with Gasteiger partial charge in [0.2, 0.25) is 0 Å². The minimum absolute atomic E-state index is 0.191. The molecule has 0 aliphatic carbocycles. The van der Waals surface area contributed by atoms with Crippen LogP contribution in [0, 0.1) is 18.6 Å². The minimum Gasteiger partial charge on any atom is -0.391 e. The maximum Gasteiger partial charge on any atom is 0.254 e. The molecule has 0 saturated heterocycles. The van der Waals surface area contributed by atoms with Gasteiger partial charge in [-0.05, 0) is 39.3 Å². The van der Waals surface area contributed by atoms with Crippen LogP contribution in [0.4, 0.5) is 8.78 Å². The van der Waals surface area contributed by atoms with E-state index in [9.17, 15) is 18.7 Å². The molecule has 100 valence electrons. The molecule has 3 nitrogen and oxygen atoms in total. The van der Waals surface area contributed by atoms with Crippen molar-refractivity contribution in [3.8, 4) is 0 Å². The summed E-state index contributed by atoms with van der Waals surface area (Å²) in [5.74, 6) is -2.29. The molecule has 1 amide bonds. The van der Waals surface area contributed by atoms with Crippen molar-refractivity contribution >= 4 is 5.91 Å². The van der Waals surface area contributed by atoms with Crippen molar-refractivity contribution in [3.63, 3.8) is 0 Å². The van der Waals surface area contributed by atoms with Gasteiger partial charge in [0.25, 0.3) is 5.91 Å². The molecule has 1 aromatic rings. The van der Waals surface area contributed by atoms with Crippen molar-refractivity contribution in [2.24, 2.45) is 0 Å². The molecule has 0 aliphatic rings. The van der Waals surface area contributed by atoms with Crippen molar-refractivity contribution in [1.29, 1.82) is 0 Å². The summed E-state index contributed by atoms with van der Waals surface area (Å²) in [6.45, 7) is 6.20. The minimum atomic E-state index is -0.919. The maximum absolute atomic E-state index is 13.5. The fraction of sp³-hybridized carbons (Fsp3) is 0.462. The Balaban J connectivity index is 3.02. The fourth-order valence-electron chi connectivity index (χ4n) is 1.30. The molecule has 1 unspecified atom stereocenters. The number of aliphatic hydroxyl groups is 1. The van der Waals surface area contributed by atoms with Crippen molar-refractivity contribution < 1.29 is 18.7 Å². The van der Waals surface area contributed by atoms with Gasteiger partial charge < -0.3 is 10.4 Å². The van der Waals surface area contributed by atoms with Gasteiger partial charge in [-0.1, -0.05) is 0 Å².